The van der Waals surface area contributed by atoms with Gasteiger partial charge >= 0.3 is 0 Å². The average molecular weight is 492 g/mol. The van der Waals surface area contributed by atoms with Gasteiger partial charge in [0.1, 0.15) is 5.82 Å². The zero-order valence-electron chi connectivity index (χ0n) is 16.5. The third-order valence-corrected chi connectivity index (χ3v) is 4.79. The SMILES string of the molecule is CCNC(=NCC1CCN(CCOC)CC1)NCCc1ccc(F)cc1.I. The maximum Gasteiger partial charge on any atom is 0.191 e. The maximum atomic E-state index is 12.9. The Hall–Kier alpha value is -0.930. The summed E-state index contributed by atoms with van der Waals surface area (Å²) in [6, 6.07) is 6.68. The van der Waals surface area contributed by atoms with E-state index in [2.05, 4.69) is 22.5 Å². The number of benzene rings is 1. The molecule has 0 unspecified atom stereocenters. The van der Waals surface area contributed by atoms with E-state index in [1.54, 1.807) is 7.11 Å². The summed E-state index contributed by atoms with van der Waals surface area (Å²) in [6.07, 6.45) is 3.24. The third kappa shape index (κ3) is 9.71. The van der Waals surface area contributed by atoms with Crippen molar-refractivity contribution < 1.29 is 9.13 Å². The summed E-state index contributed by atoms with van der Waals surface area (Å²) in [5, 5.41) is 6.68. The predicted molar refractivity (Wildman–Crippen MR) is 121 cm³/mol. The average Bonchev–Trinajstić information content (AvgIpc) is 2.67. The van der Waals surface area contributed by atoms with Crippen molar-refractivity contribution in [1.29, 1.82) is 0 Å². The zero-order chi connectivity index (χ0) is 18.6. The molecule has 1 aromatic carbocycles. The number of nitrogens with zero attached hydrogens (tertiary/aromatic N) is 2. The van der Waals surface area contributed by atoms with Gasteiger partial charge < -0.3 is 20.3 Å². The fourth-order valence-electron chi connectivity index (χ4n) is 3.15. The number of nitrogens with one attached hydrogen (secondary N) is 2. The minimum atomic E-state index is -0.190. The minimum absolute atomic E-state index is 0. The van der Waals surface area contributed by atoms with E-state index in [1.807, 2.05) is 12.1 Å². The van der Waals surface area contributed by atoms with Crippen LogP contribution in [0.1, 0.15) is 25.3 Å². The first-order valence-corrected chi connectivity index (χ1v) is 9.69. The van der Waals surface area contributed by atoms with Gasteiger partial charge in [0.25, 0.3) is 0 Å². The first-order valence-electron chi connectivity index (χ1n) is 9.69. The third-order valence-electron chi connectivity index (χ3n) is 4.79. The van der Waals surface area contributed by atoms with Crippen LogP contribution in [-0.4, -0.2) is 63.8 Å². The summed E-state index contributed by atoms with van der Waals surface area (Å²) in [5.41, 5.74) is 1.12. The van der Waals surface area contributed by atoms with Crippen LogP contribution >= 0.6 is 24.0 Å². The van der Waals surface area contributed by atoms with Gasteiger partial charge in [0.05, 0.1) is 6.61 Å². The fourth-order valence-corrected chi connectivity index (χ4v) is 3.15. The van der Waals surface area contributed by atoms with Crippen molar-refractivity contribution in [3.05, 3.63) is 35.6 Å². The molecular formula is C20H34FIN4O. The second kappa shape index (κ2) is 14.1. The van der Waals surface area contributed by atoms with Gasteiger partial charge in [0, 0.05) is 33.3 Å². The molecule has 0 bridgehead atoms. The monoisotopic (exact) mass is 492 g/mol. The molecule has 0 aliphatic carbocycles. The van der Waals surface area contributed by atoms with Crippen molar-refractivity contribution in [1.82, 2.24) is 15.5 Å². The van der Waals surface area contributed by atoms with Crippen LogP contribution in [0, 0.1) is 11.7 Å². The van der Waals surface area contributed by atoms with Crippen LogP contribution in [0.25, 0.3) is 0 Å². The van der Waals surface area contributed by atoms with Gasteiger partial charge in [-0.15, -0.1) is 24.0 Å². The summed E-state index contributed by atoms with van der Waals surface area (Å²) >= 11 is 0. The van der Waals surface area contributed by atoms with Gasteiger partial charge in [0.2, 0.25) is 0 Å². The molecule has 2 rings (SSSR count). The van der Waals surface area contributed by atoms with Gasteiger partial charge in [-0.3, -0.25) is 4.99 Å². The van der Waals surface area contributed by atoms with Crippen molar-refractivity contribution in [3.8, 4) is 0 Å². The fraction of sp³-hybridized carbons (Fsp3) is 0.650. The van der Waals surface area contributed by atoms with Gasteiger partial charge in [0.15, 0.2) is 5.96 Å². The van der Waals surface area contributed by atoms with E-state index in [0.717, 1.165) is 63.8 Å². The van der Waals surface area contributed by atoms with Crippen LogP contribution in [-0.2, 0) is 11.2 Å². The number of aliphatic imine (C=N–C) groups is 1. The first kappa shape index (κ1) is 24.1. The Morgan fingerprint density at radius 2 is 1.93 bits per heavy atom. The molecule has 0 radical (unpaired) electrons. The molecule has 0 atom stereocenters. The Kier molecular flexibility index (Phi) is 12.6. The second-order valence-corrected chi connectivity index (χ2v) is 6.80. The Morgan fingerprint density at radius 1 is 1.22 bits per heavy atom. The molecule has 5 nitrogen and oxygen atoms in total. The van der Waals surface area contributed by atoms with Gasteiger partial charge in [-0.2, -0.15) is 0 Å². The van der Waals surface area contributed by atoms with Crippen molar-refractivity contribution >= 4 is 29.9 Å². The first-order chi connectivity index (χ1) is 12.7. The van der Waals surface area contributed by atoms with Crippen molar-refractivity contribution in [3.63, 3.8) is 0 Å². The minimum Gasteiger partial charge on any atom is -0.383 e. The highest BCUT2D eigenvalue weighted by atomic mass is 127. The number of methoxy groups -OCH3 is 1. The van der Waals surface area contributed by atoms with Crippen LogP contribution in [0.5, 0.6) is 0 Å². The van der Waals surface area contributed by atoms with Crippen LogP contribution < -0.4 is 10.6 Å². The van der Waals surface area contributed by atoms with E-state index >= 15 is 0 Å². The molecule has 0 spiro atoms. The maximum absolute atomic E-state index is 12.9. The standard InChI is InChI=1S/C20H33FN4O.HI/c1-3-22-20(23-11-8-17-4-6-19(21)7-5-17)24-16-18-9-12-25(13-10-18)14-15-26-2;/h4-7,18H,3,8-16H2,1-2H3,(H2,22,23,24);1H. The summed E-state index contributed by atoms with van der Waals surface area (Å²) in [7, 11) is 1.76. The molecule has 154 valence electrons. The molecule has 1 aliphatic rings. The normalized spacial score (nSPS) is 16.0. The Balaban J connectivity index is 0.00000364. The van der Waals surface area contributed by atoms with E-state index in [0.29, 0.717) is 5.92 Å². The van der Waals surface area contributed by atoms with E-state index < -0.39 is 0 Å². The Morgan fingerprint density at radius 3 is 2.56 bits per heavy atom. The molecule has 2 N–H and O–H groups in total. The van der Waals surface area contributed by atoms with E-state index in [9.17, 15) is 4.39 Å². The highest BCUT2D eigenvalue weighted by Crippen LogP contribution is 2.17. The highest BCUT2D eigenvalue weighted by molar-refractivity contribution is 14.0. The Bertz CT molecular complexity index is 533. The molecule has 1 saturated heterocycles. The van der Waals surface area contributed by atoms with Crippen LogP contribution in [0.4, 0.5) is 4.39 Å². The largest absolute Gasteiger partial charge is 0.383 e. The predicted octanol–water partition coefficient (Wildman–Crippen LogP) is 2.90. The lowest BCUT2D eigenvalue weighted by atomic mass is 9.97. The van der Waals surface area contributed by atoms with Crippen molar-refractivity contribution in [2.45, 2.75) is 26.2 Å². The molecule has 0 aromatic heterocycles. The lowest BCUT2D eigenvalue weighted by Gasteiger charge is -2.31. The van der Waals surface area contributed by atoms with E-state index in [-0.39, 0.29) is 29.8 Å². The van der Waals surface area contributed by atoms with Crippen molar-refractivity contribution in [2.75, 3.05) is 53.0 Å². The number of likely N-dealkylation sites (tertiary alicyclic amines) is 1. The summed E-state index contributed by atoms with van der Waals surface area (Å²) in [6.45, 7) is 8.68. The molecule has 1 heterocycles. The molecule has 0 saturated carbocycles. The lowest BCUT2D eigenvalue weighted by molar-refractivity contribution is 0.121. The number of guanidine groups is 1. The molecule has 1 aliphatic heterocycles. The number of hydrogen-bond donors (Lipinski definition) is 2. The zero-order valence-corrected chi connectivity index (χ0v) is 18.9. The van der Waals surface area contributed by atoms with Gasteiger partial charge in [-0.05, 0) is 62.9 Å². The lowest BCUT2D eigenvalue weighted by Crippen LogP contribution is -2.40. The smallest absolute Gasteiger partial charge is 0.191 e. The van der Waals surface area contributed by atoms with Crippen LogP contribution in [0.15, 0.2) is 29.3 Å². The van der Waals surface area contributed by atoms with Gasteiger partial charge in [-0.1, -0.05) is 12.1 Å². The van der Waals surface area contributed by atoms with E-state index in [4.69, 9.17) is 9.73 Å². The van der Waals surface area contributed by atoms with Crippen molar-refractivity contribution in [2.24, 2.45) is 10.9 Å². The number of hydrogen-bond acceptors (Lipinski definition) is 3. The van der Waals surface area contributed by atoms with E-state index in [1.165, 1.54) is 25.0 Å². The quantitative estimate of drug-likeness (QED) is 0.316. The summed E-state index contributed by atoms with van der Waals surface area (Å²) < 4.78 is 18.1. The number of rotatable bonds is 9. The molecule has 1 fully saturated rings. The molecule has 1 aromatic rings. The summed E-state index contributed by atoms with van der Waals surface area (Å²) in [4.78, 5) is 7.23. The molecule has 0 amide bonds. The van der Waals surface area contributed by atoms with Crippen LogP contribution in [0.3, 0.4) is 0 Å². The number of piperidine rings is 1. The number of ether oxygens (including phenoxy) is 1. The molecule has 7 heteroatoms. The molecular weight excluding hydrogens is 458 g/mol. The molecule has 27 heavy (non-hydrogen) atoms. The Labute approximate surface area is 180 Å². The number of halogens is 2. The topological polar surface area (TPSA) is 48.9 Å². The van der Waals surface area contributed by atoms with Gasteiger partial charge in [-0.25, -0.2) is 4.39 Å². The van der Waals surface area contributed by atoms with Crippen LogP contribution in [0.2, 0.25) is 0 Å². The highest BCUT2D eigenvalue weighted by Gasteiger charge is 2.18. The summed E-state index contributed by atoms with van der Waals surface area (Å²) in [5.74, 6) is 1.34. The second-order valence-electron chi connectivity index (χ2n) is 6.80.